The van der Waals surface area contributed by atoms with Gasteiger partial charge < -0.3 is 5.32 Å². The summed E-state index contributed by atoms with van der Waals surface area (Å²) in [7, 11) is 0.672. The molecule has 0 saturated heterocycles. The number of halogens is 2. The van der Waals surface area contributed by atoms with Gasteiger partial charge in [-0.25, -0.2) is 14.2 Å². The van der Waals surface area contributed by atoms with Crippen LogP contribution in [0.1, 0.15) is 25.2 Å². The van der Waals surface area contributed by atoms with Crippen LogP contribution in [-0.4, -0.2) is 31.8 Å². The summed E-state index contributed by atoms with van der Waals surface area (Å²) in [6, 6.07) is 7.75. The zero-order valence-electron chi connectivity index (χ0n) is 16.7. The summed E-state index contributed by atoms with van der Waals surface area (Å²) in [5, 5.41) is 3.81. The Morgan fingerprint density at radius 3 is 2.50 bits per heavy atom. The van der Waals surface area contributed by atoms with Crippen LogP contribution < -0.4 is 9.62 Å². The van der Waals surface area contributed by atoms with Gasteiger partial charge in [0.05, 0.1) is 23.4 Å². The zero-order chi connectivity index (χ0) is 21.0. The summed E-state index contributed by atoms with van der Waals surface area (Å²) >= 11 is 8.56. The van der Waals surface area contributed by atoms with Gasteiger partial charge in [0.2, 0.25) is 0 Å². The molecule has 3 aromatic rings. The van der Waals surface area contributed by atoms with E-state index in [1.807, 2.05) is 50.2 Å². The van der Waals surface area contributed by atoms with Crippen LogP contribution in [0.2, 0.25) is 5.15 Å². The number of pyridine rings is 1. The highest BCUT2D eigenvalue weighted by Crippen LogP contribution is 2.37. The molecule has 0 amide bonds. The van der Waals surface area contributed by atoms with Crippen LogP contribution >= 0.6 is 40.0 Å². The number of fused-ring (bicyclic) bond motifs is 1. The molecule has 3 rings (SSSR count). The van der Waals surface area contributed by atoms with E-state index in [0.29, 0.717) is 11.5 Å². The molecule has 1 N–H and O–H groups in total. The van der Waals surface area contributed by atoms with E-state index in [-0.39, 0.29) is 0 Å². The van der Waals surface area contributed by atoms with Gasteiger partial charge in [0.1, 0.15) is 27.5 Å². The Morgan fingerprint density at radius 2 is 1.89 bits per heavy atom. The van der Waals surface area contributed by atoms with Crippen molar-refractivity contribution < 1.29 is 4.21 Å². The predicted molar refractivity (Wildman–Crippen MR) is 133 cm³/mol. The molecule has 1 aromatic carbocycles. The molecule has 0 spiro atoms. The number of benzene rings is 1. The molecule has 0 bridgehead atoms. The van der Waals surface area contributed by atoms with Crippen LogP contribution in [0.25, 0.3) is 11.2 Å². The summed E-state index contributed by atoms with van der Waals surface area (Å²) in [5.74, 6) is 0.890. The van der Waals surface area contributed by atoms with Crippen molar-refractivity contribution in [3.05, 3.63) is 40.8 Å². The first-order valence-corrected chi connectivity index (χ1v) is 14.6. The molecule has 0 radical (unpaired) electrons. The van der Waals surface area contributed by atoms with Gasteiger partial charge in [-0.05, 0) is 53.6 Å². The number of aromatic nitrogens is 3. The largest absolute Gasteiger partial charge is 0.352 e. The fourth-order valence-corrected chi connectivity index (χ4v) is 5.37. The smallest absolute Gasteiger partial charge is 0.167 e. The van der Waals surface area contributed by atoms with Crippen LogP contribution in [-0.2, 0) is 11.0 Å². The van der Waals surface area contributed by atoms with E-state index < -0.39 is 11.0 Å². The lowest BCUT2D eigenvalue weighted by atomic mass is 10.2. The van der Waals surface area contributed by atoms with E-state index in [9.17, 15) is 4.21 Å². The quantitative estimate of drug-likeness (QED) is 0.240. The number of anilines is 3. The van der Waals surface area contributed by atoms with Crippen LogP contribution in [0.15, 0.2) is 24.3 Å². The van der Waals surface area contributed by atoms with E-state index in [4.69, 9.17) is 11.6 Å². The minimum Gasteiger partial charge on any atom is -0.352 e. The Morgan fingerprint density at radius 1 is 1.21 bits per heavy atom. The van der Waals surface area contributed by atoms with Crippen LogP contribution in [0.4, 0.5) is 17.1 Å². The lowest BCUT2D eigenvalue weighted by Crippen LogP contribution is -2.20. The van der Waals surface area contributed by atoms with Gasteiger partial charge in [-0.15, -0.1) is 0 Å². The molecule has 10 heteroatoms. The highest BCUT2D eigenvalue weighted by atomic mass is 127. The second-order valence-corrected chi connectivity index (χ2v) is 9.66. The first-order chi connectivity index (χ1) is 13.3. The SMILES string of the molecule is CC.Cc1ccc(Nc2cc(Cl)nc3c2nc(C)n3PI)c(N(C)S(C)=O)c1. The average molecular weight is 552 g/mol. The van der Waals surface area contributed by atoms with Crippen molar-refractivity contribution in [3.63, 3.8) is 0 Å². The molecule has 0 aliphatic rings. The Bertz CT molecular complexity index is 1010. The summed E-state index contributed by atoms with van der Waals surface area (Å²) in [6.07, 6.45) is 2.14. The summed E-state index contributed by atoms with van der Waals surface area (Å²) < 4.78 is 15.7. The number of imidazole rings is 1. The molecule has 2 atom stereocenters. The topological polar surface area (TPSA) is 63.1 Å². The molecule has 0 aliphatic carbocycles. The Kier molecular flexibility index (Phi) is 8.48. The summed E-state index contributed by atoms with van der Waals surface area (Å²) in [6.45, 7) is 7.96. The fourth-order valence-electron chi connectivity index (χ4n) is 2.61. The number of nitrogens with zero attached hydrogens (tertiary/aromatic N) is 4. The van der Waals surface area contributed by atoms with Crippen LogP contribution in [0.3, 0.4) is 0 Å². The fraction of sp³-hybridized carbons (Fsp3) is 0.333. The van der Waals surface area contributed by atoms with Crippen molar-refractivity contribution in [1.29, 1.82) is 0 Å². The molecule has 152 valence electrons. The second kappa shape index (κ2) is 10.2. The molecular formula is C18H24ClIN5OPS. The number of nitrogens with one attached hydrogen (secondary N) is 1. The molecule has 2 heterocycles. The highest BCUT2D eigenvalue weighted by molar-refractivity contribution is 14.2. The molecule has 0 fully saturated rings. The van der Waals surface area contributed by atoms with E-state index in [1.165, 1.54) is 0 Å². The molecule has 0 aliphatic heterocycles. The summed E-state index contributed by atoms with van der Waals surface area (Å²) in [5.41, 5.74) is 5.07. The zero-order valence-corrected chi connectivity index (χ0v) is 21.4. The normalized spacial score (nSPS) is 12.1. The van der Waals surface area contributed by atoms with Crippen molar-refractivity contribution in [2.75, 3.05) is 22.9 Å². The van der Waals surface area contributed by atoms with Gasteiger partial charge in [0, 0.05) is 19.4 Å². The van der Waals surface area contributed by atoms with E-state index >= 15 is 0 Å². The van der Waals surface area contributed by atoms with Crippen molar-refractivity contribution in [1.82, 2.24) is 14.3 Å². The lowest BCUT2D eigenvalue weighted by molar-refractivity contribution is 0.685. The maximum absolute atomic E-state index is 12.0. The van der Waals surface area contributed by atoms with Gasteiger partial charge >= 0.3 is 0 Å². The highest BCUT2D eigenvalue weighted by Gasteiger charge is 2.16. The van der Waals surface area contributed by atoms with Crippen molar-refractivity contribution >= 4 is 79.2 Å². The molecule has 2 unspecified atom stereocenters. The number of rotatable bonds is 5. The van der Waals surface area contributed by atoms with Gasteiger partial charge in [-0.1, -0.05) is 31.5 Å². The van der Waals surface area contributed by atoms with Crippen LogP contribution in [0.5, 0.6) is 0 Å². The van der Waals surface area contributed by atoms with Gasteiger partial charge in [0.15, 0.2) is 5.65 Å². The van der Waals surface area contributed by atoms with Gasteiger partial charge in [-0.2, -0.15) is 0 Å². The van der Waals surface area contributed by atoms with Crippen molar-refractivity contribution in [2.45, 2.75) is 27.7 Å². The molecule has 0 saturated carbocycles. The maximum atomic E-state index is 12.0. The predicted octanol–water partition coefficient (Wildman–Crippen LogP) is 5.99. The van der Waals surface area contributed by atoms with Crippen LogP contribution in [0, 0.1) is 13.8 Å². The maximum Gasteiger partial charge on any atom is 0.167 e. The lowest BCUT2D eigenvalue weighted by Gasteiger charge is -2.21. The third-order valence-corrected chi connectivity index (χ3v) is 7.30. The number of aryl methyl sites for hydroxylation is 2. The monoisotopic (exact) mass is 551 g/mol. The van der Waals surface area contributed by atoms with Gasteiger partial charge in [-0.3, -0.25) is 8.64 Å². The van der Waals surface area contributed by atoms with E-state index in [0.717, 1.165) is 39.6 Å². The third-order valence-electron chi connectivity index (χ3n) is 3.98. The molecule has 2 aromatic heterocycles. The minimum atomic E-state index is -1.14. The average Bonchev–Trinajstić information content (AvgIpc) is 2.99. The Balaban J connectivity index is 0.00000136. The third kappa shape index (κ3) is 4.96. The second-order valence-electron chi connectivity index (χ2n) is 5.81. The first kappa shape index (κ1) is 23.3. The molecule has 28 heavy (non-hydrogen) atoms. The van der Waals surface area contributed by atoms with E-state index in [1.54, 1.807) is 23.7 Å². The Hall–Kier alpha value is -0.960. The first-order valence-electron chi connectivity index (χ1n) is 8.69. The Labute approximate surface area is 188 Å². The molecule has 6 nitrogen and oxygen atoms in total. The number of hydrogen-bond acceptors (Lipinski definition) is 4. The van der Waals surface area contributed by atoms with E-state index in [2.05, 4.69) is 37.3 Å². The van der Waals surface area contributed by atoms with Crippen molar-refractivity contribution in [2.24, 2.45) is 0 Å². The van der Waals surface area contributed by atoms with Crippen molar-refractivity contribution in [3.8, 4) is 0 Å². The molecular weight excluding hydrogens is 528 g/mol. The standard InChI is InChI=1S/C16H18ClIN5OPS.C2H6/c1-9-5-6-11(13(7-9)22(3)26(4)24)20-12-8-14(17)21-16-15(12)19-10(2)23(16)25-18;1-2/h5-8,25H,1-4H3,(H,20,21);1-2H3. The minimum absolute atomic E-state index is 0.400. The van der Waals surface area contributed by atoms with Gasteiger partial charge in [0.25, 0.3) is 0 Å². The number of hydrogen-bond donors (Lipinski definition) is 1. The summed E-state index contributed by atoms with van der Waals surface area (Å²) in [4.78, 5) is 9.09.